The summed E-state index contributed by atoms with van der Waals surface area (Å²) in [5.74, 6) is 2.83. The van der Waals surface area contributed by atoms with Gasteiger partial charge in [-0.05, 0) is 37.5 Å². The first-order chi connectivity index (χ1) is 5.81. The first-order valence-corrected chi connectivity index (χ1v) is 4.58. The lowest BCUT2D eigenvalue weighted by atomic mass is 9.80. The average molecular weight is 163 g/mol. The van der Waals surface area contributed by atoms with Gasteiger partial charge in [-0.25, -0.2) is 0 Å². The summed E-state index contributed by atoms with van der Waals surface area (Å²) in [6, 6.07) is 0.457. The first kappa shape index (κ1) is 7.67. The fraction of sp³-hybridized carbons (Fsp3) is 0.700. The molecule has 0 unspecified atom stereocenters. The van der Waals surface area contributed by atoms with Gasteiger partial charge in [-0.1, -0.05) is 0 Å². The second-order valence-electron chi connectivity index (χ2n) is 3.78. The Morgan fingerprint density at radius 3 is 2.42 bits per heavy atom. The maximum absolute atomic E-state index is 11.2. The van der Waals surface area contributed by atoms with Crippen molar-refractivity contribution in [1.29, 1.82) is 0 Å². The van der Waals surface area contributed by atoms with E-state index >= 15 is 0 Å². The van der Waals surface area contributed by atoms with E-state index in [4.69, 9.17) is 6.42 Å². The largest absolute Gasteiger partial charge is 0.329 e. The summed E-state index contributed by atoms with van der Waals surface area (Å²) in [7, 11) is 0. The van der Waals surface area contributed by atoms with E-state index in [1.54, 1.807) is 0 Å². The molecule has 2 heteroatoms. The molecule has 3 rings (SSSR count). The smallest absolute Gasteiger partial charge is 0.298 e. The van der Waals surface area contributed by atoms with Crippen molar-refractivity contribution in [3.8, 4) is 12.3 Å². The minimum atomic E-state index is -0.107. The quantitative estimate of drug-likeness (QED) is 0.488. The summed E-state index contributed by atoms with van der Waals surface area (Å²) < 4.78 is 0. The van der Waals surface area contributed by atoms with Crippen LogP contribution in [0.2, 0.25) is 0 Å². The van der Waals surface area contributed by atoms with Crippen molar-refractivity contribution in [3.63, 3.8) is 0 Å². The Labute approximate surface area is 72.9 Å². The van der Waals surface area contributed by atoms with E-state index in [0.717, 1.165) is 25.3 Å². The van der Waals surface area contributed by atoms with Crippen molar-refractivity contribution >= 4 is 5.91 Å². The van der Waals surface area contributed by atoms with Crippen LogP contribution in [0.1, 0.15) is 25.7 Å². The van der Waals surface area contributed by atoms with Crippen LogP contribution in [0.4, 0.5) is 0 Å². The maximum atomic E-state index is 11.2. The fourth-order valence-corrected chi connectivity index (χ4v) is 2.40. The molecule has 0 radical (unpaired) electrons. The zero-order valence-electron chi connectivity index (χ0n) is 7.12. The minimum absolute atomic E-state index is 0.107. The van der Waals surface area contributed by atoms with Gasteiger partial charge in [-0.2, -0.15) is 0 Å². The summed E-state index contributed by atoms with van der Waals surface area (Å²) >= 11 is 0. The van der Waals surface area contributed by atoms with Gasteiger partial charge < -0.3 is 4.90 Å². The summed E-state index contributed by atoms with van der Waals surface area (Å²) in [5, 5.41) is 0. The molecule has 3 aliphatic rings. The molecular weight excluding hydrogens is 150 g/mol. The second-order valence-corrected chi connectivity index (χ2v) is 3.78. The summed E-state index contributed by atoms with van der Waals surface area (Å²) in [6.45, 7) is 0.910. The van der Waals surface area contributed by atoms with Crippen molar-refractivity contribution in [1.82, 2.24) is 4.90 Å². The zero-order valence-corrected chi connectivity index (χ0v) is 7.12. The monoisotopic (exact) mass is 163 g/mol. The Morgan fingerprint density at radius 2 is 2.00 bits per heavy atom. The van der Waals surface area contributed by atoms with E-state index in [9.17, 15) is 4.79 Å². The third-order valence-corrected chi connectivity index (χ3v) is 3.10. The Kier molecular flexibility index (Phi) is 1.80. The van der Waals surface area contributed by atoms with Gasteiger partial charge in [0.25, 0.3) is 5.91 Å². The van der Waals surface area contributed by atoms with E-state index in [-0.39, 0.29) is 5.91 Å². The Hall–Kier alpha value is -0.970. The standard InChI is InChI=1S/C10H13NO/c1-2-10(12)11-7-8-3-5-9(11)6-4-8/h1,8-9H,3-7H2. The molecule has 0 aromatic heterocycles. The molecular formula is C10H13NO. The molecule has 2 nitrogen and oxygen atoms in total. The van der Waals surface area contributed by atoms with Crippen molar-refractivity contribution in [2.45, 2.75) is 31.7 Å². The lowest BCUT2D eigenvalue weighted by Crippen LogP contribution is -2.50. The molecule has 3 fully saturated rings. The number of carbonyl (C=O) groups is 1. The first-order valence-electron chi connectivity index (χ1n) is 4.58. The molecule has 0 spiro atoms. The van der Waals surface area contributed by atoms with Crippen LogP contribution in [0.25, 0.3) is 0 Å². The predicted molar refractivity (Wildman–Crippen MR) is 46.3 cm³/mol. The highest BCUT2D eigenvalue weighted by atomic mass is 16.2. The molecule has 1 aliphatic carbocycles. The van der Waals surface area contributed by atoms with E-state index in [1.165, 1.54) is 12.8 Å². The van der Waals surface area contributed by atoms with Gasteiger partial charge in [-0.3, -0.25) is 4.79 Å². The Bertz CT molecular complexity index is 233. The van der Waals surface area contributed by atoms with Crippen LogP contribution < -0.4 is 0 Å². The number of fused-ring (bicyclic) bond motifs is 3. The lowest BCUT2D eigenvalue weighted by Gasteiger charge is -2.44. The number of piperidine rings is 2. The SMILES string of the molecule is C#CC(=O)N1CC2CCC1CC2. The highest BCUT2D eigenvalue weighted by Gasteiger charge is 2.35. The molecule has 2 heterocycles. The summed E-state index contributed by atoms with van der Waals surface area (Å²) in [5.41, 5.74) is 0. The van der Waals surface area contributed by atoms with Crippen molar-refractivity contribution in [3.05, 3.63) is 0 Å². The van der Waals surface area contributed by atoms with Crippen LogP contribution in [0.5, 0.6) is 0 Å². The van der Waals surface area contributed by atoms with Crippen LogP contribution in [0.3, 0.4) is 0 Å². The van der Waals surface area contributed by atoms with Crippen molar-refractivity contribution < 1.29 is 4.79 Å². The van der Waals surface area contributed by atoms with Gasteiger partial charge in [-0.15, -0.1) is 6.42 Å². The van der Waals surface area contributed by atoms with E-state index in [1.807, 2.05) is 4.90 Å². The molecule has 0 N–H and O–H groups in total. The van der Waals surface area contributed by atoms with Crippen LogP contribution in [0, 0.1) is 18.3 Å². The number of hydrogen-bond acceptors (Lipinski definition) is 1. The maximum Gasteiger partial charge on any atom is 0.298 e. The van der Waals surface area contributed by atoms with Gasteiger partial charge in [0.05, 0.1) is 0 Å². The normalized spacial score (nSPS) is 33.1. The second kappa shape index (κ2) is 2.82. The average Bonchev–Trinajstić information content (AvgIpc) is 2.18. The summed E-state index contributed by atoms with van der Waals surface area (Å²) in [4.78, 5) is 13.1. The molecule has 0 atom stereocenters. The Balaban J connectivity index is 2.10. The van der Waals surface area contributed by atoms with E-state index < -0.39 is 0 Å². The fourth-order valence-electron chi connectivity index (χ4n) is 2.40. The molecule has 2 aliphatic heterocycles. The topological polar surface area (TPSA) is 20.3 Å². The highest BCUT2D eigenvalue weighted by molar-refractivity contribution is 5.93. The highest BCUT2D eigenvalue weighted by Crippen LogP contribution is 2.34. The molecule has 2 saturated heterocycles. The van der Waals surface area contributed by atoms with E-state index in [2.05, 4.69) is 5.92 Å². The van der Waals surface area contributed by atoms with Crippen LogP contribution in [-0.2, 0) is 4.79 Å². The number of carbonyl (C=O) groups excluding carboxylic acids is 1. The lowest BCUT2D eigenvalue weighted by molar-refractivity contribution is -0.132. The van der Waals surface area contributed by atoms with Gasteiger partial charge in [0.1, 0.15) is 0 Å². The minimum Gasteiger partial charge on any atom is -0.329 e. The number of amides is 1. The number of hydrogen-bond donors (Lipinski definition) is 0. The molecule has 12 heavy (non-hydrogen) atoms. The zero-order chi connectivity index (χ0) is 8.55. The third-order valence-electron chi connectivity index (χ3n) is 3.10. The predicted octanol–water partition coefficient (Wildman–Crippen LogP) is 1.02. The van der Waals surface area contributed by atoms with Crippen LogP contribution in [0.15, 0.2) is 0 Å². The Morgan fingerprint density at radius 1 is 1.33 bits per heavy atom. The van der Waals surface area contributed by atoms with Gasteiger partial charge in [0.15, 0.2) is 0 Å². The van der Waals surface area contributed by atoms with Crippen LogP contribution in [-0.4, -0.2) is 23.4 Å². The molecule has 0 aromatic rings. The van der Waals surface area contributed by atoms with Gasteiger partial charge in [0.2, 0.25) is 0 Å². The number of terminal acetylenes is 1. The van der Waals surface area contributed by atoms with Gasteiger partial charge in [0, 0.05) is 12.6 Å². The molecule has 1 amide bonds. The summed E-state index contributed by atoms with van der Waals surface area (Å²) in [6.07, 6.45) is 10.0. The number of rotatable bonds is 0. The molecule has 64 valence electrons. The van der Waals surface area contributed by atoms with Crippen LogP contribution >= 0.6 is 0 Å². The number of nitrogens with zero attached hydrogens (tertiary/aromatic N) is 1. The molecule has 1 saturated carbocycles. The third kappa shape index (κ3) is 1.10. The van der Waals surface area contributed by atoms with E-state index in [0.29, 0.717) is 6.04 Å². The van der Waals surface area contributed by atoms with Gasteiger partial charge >= 0.3 is 0 Å². The van der Waals surface area contributed by atoms with Crippen molar-refractivity contribution in [2.24, 2.45) is 5.92 Å². The van der Waals surface area contributed by atoms with Crippen molar-refractivity contribution in [2.75, 3.05) is 6.54 Å². The molecule has 2 bridgehead atoms. The molecule has 0 aromatic carbocycles.